The smallest absolute Gasteiger partial charge is 0.282 e. The Bertz CT molecular complexity index is 264. The maximum absolute atomic E-state index is 7.41. The van der Waals surface area contributed by atoms with Crippen molar-refractivity contribution >= 4 is 14.3 Å². The number of allylic oxidation sites excluding steroid dienone is 1. The van der Waals surface area contributed by atoms with Crippen LogP contribution < -0.4 is 11.5 Å². The Morgan fingerprint density at radius 1 is 1.44 bits per heavy atom. The van der Waals surface area contributed by atoms with Gasteiger partial charge in [-0.05, 0) is 37.2 Å². The van der Waals surface area contributed by atoms with Crippen LogP contribution in [0.15, 0.2) is 11.4 Å². The molecule has 1 rings (SSSR count). The Morgan fingerprint density at radius 3 is 2.75 bits per heavy atom. The fraction of sp³-hybridized carbons (Fsp3) is 0.727. The lowest BCUT2D eigenvalue weighted by Gasteiger charge is -2.25. The van der Waals surface area contributed by atoms with Gasteiger partial charge in [0.25, 0.3) is 8.05 Å². The molecule has 1 fully saturated rings. The van der Waals surface area contributed by atoms with Gasteiger partial charge in [-0.15, -0.1) is 0 Å². The molecule has 0 aromatic carbocycles. The minimum Gasteiger partial charge on any atom is -0.447 e. The van der Waals surface area contributed by atoms with Gasteiger partial charge < -0.3 is 21.5 Å². The van der Waals surface area contributed by atoms with Crippen LogP contribution in [0.2, 0.25) is 0 Å². The van der Waals surface area contributed by atoms with E-state index in [1.54, 1.807) is 0 Å². The van der Waals surface area contributed by atoms with Crippen molar-refractivity contribution in [2.75, 3.05) is 6.61 Å². The molecule has 0 spiro atoms. The second-order valence-corrected chi connectivity index (χ2v) is 4.42. The molecule has 1 aliphatic carbocycles. The Labute approximate surface area is 98.4 Å². The van der Waals surface area contributed by atoms with Gasteiger partial charge >= 0.3 is 0 Å². The molecule has 2 radical (unpaired) electrons. The first-order valence-electron chi connectivity index (χ1n) is 5.75. The minimum atomic E-state index is 0.116. The van der Waals surface area contributed by atoms with E-state index in [0.717, 1.165) is 37.7 Å². The van der Waals surface area contributed by atoms with E-state index < -0.39 is 0 Å². The minimum absolute atomic E-state index is 0.116. The molecular formula is C11H20BN3O. The predicted molar refractivity (Wildman–Crippen MR) is 66.0 cm³/mol. The standard InChI is InChI=1S/C11H20BN3O/c12-16-7-8-2-1-3-9(6-13)10(5-4-8)11(14)15/h6,8-9,13H,1-5,7,14-15H2. The average molecular weight is 221 g/mol. The molecule has 0 heterocycles. The van der Waals surface area contributed by atoms with Gasteiger partial charge in [0.05, 0.1) is 5.82 Å². The van der Waals surface area contributed by atoms with E-state index in [9.17, 15) is 0 Å². The van der Waals surface area contributed by atoms with E-state index >= 15 is 0 Å². The zero-order chi connectivity index (χ0) is 12.0. The van der Waals surface area contributed by atoms with Crippen molar-refractivity contribution in [3.63, 3.8) is 0 Å². The van der Waals surface area contributed by atoms with E-state index in [2.05, 4.69) is 0 Å². The summed E-state index contributed by atoms with van der Waals surface area (Å²) in [6, 6.07) is 0. The van der Waals surface area contributed by atoms with E-state index in [1.165, 1.54) is 6.21 Å². The molecule has 4 nitrogen and oxygen atoms in total. The summed E-state index contributed by atoms with van der Waals surface area (Å²) in [7, 11) is 5.10. The molecule has 0 aromatic heterocycles. The molecule has 0 aliphatic heterocycles. The molecule has 2 atom stereocenters. The van der Waals surface area contributed by atoms with Crippen molar-refractivity contribution < 1.29 is 4.65 Å². The third kappa shape index (κ3) is 3.56. The average Bonchev–Trinajstić information content (AvgIpc) is 2.21. The van der Waals surface area contributed by atoms with Gasteiger partial charge in [-0.1, -0.05) is 6.42 Å². The number of hydrogen-bond donors (Lipinski definition) is 3. The normalized spacial score (nSPS) is 26.9. The quantitative estimate of drug-likeness (QED) is 0.492. The van der Waals surface area contributed by atoms with E-state index in [0.29, 0.717) is 18.3 Å². The predicted octanol–water partition coefficient (Wildman–Crippen LogP) is 1.06. The Kier molecular flexibility index (Phi) is 5.39. The highest BCUT2D eigenvalue weighted by Gasteiger charge is 2.20. The summed E-state index contributed by atoms with van der Waals surface area (Å²) in [4.78, 5) is 0. The Morgan fingerprint density at radius 2 is 2.19 bits per heavy atom. The van der Waals surface area contributed by atoms with Crippen LogP contribution in [0, 0.1) is 17.2 Å². The van der Waals surface area contributed by atoms with Crippen LogP contribution in [0.25, 0.3) is 0 Å². The monoisotopic (exact) mass is 221 g/mol. The number of hydrogen-bond acceptors (Lipinski definition) is 4. The van der Waals surface area contributed by atoms with E-state index in [-0.39, 0.29) is 5.92 Å². The molecule has 1 aliphatic rings. The SMILES string of the molecule is [B]OCC1CCCC(C=N)C(=C(N)N)CC1. The molecule has 0 bridgehead atoms. The summed E-state index contributed by atoms with van der Waals surface area (Å²) in [5.74, 6) is 0.971. The highest BCUT2D eigenvalue weighted by Crippen LogP contribution is 2.29. The number of nitrogens with two attached hydrogens (primary N) is 2. The zero-order valence-corrected chi connectivity index (χ0v) is 9.61. The van der Waals surface area contributed by atoms with Crippen LogP contribution in [-0.4, -0.2) is 20.9 Å². The van der Waals surface area contributed by atoms with Crippen molar-refractivity contribution in [1.82, 2.24) is 0 Å². The van der Waals surface area contributed by atoms with Gasteiger partial charge in [0.1, 0.15) is 0 Å². The molecular weight excluding hydrogens is 201 g/mol. The van der Waals surface area contributed by atoms with Crippen molar-refractivity contribution in [2.45, 2.75) is 32.1 Å². The van der Waals surface area contributed by atoms with Crippen molar-refractivity contribution in [1.29, 1.82) is 5.41 Å². The molecule has 0 aromatic rings. The first-order valence-corrected chi connectivity index (χ1v) is 5.75. The molecule has 88 valence electrons. The second kappa shape index (κ2) is 6.58. The van der Waals surface area contributed by atoms with Gasteiger partial charge in [0.2, 0.25) is 0 Å². The van der Waals surface area contributed by atoms with Crippen LogP contribution in [0.3, 0.4) is 0 Å². The first-order chi connectivity index (χ1) is 7.69. The van der Waals surface area contributed by atoms with Gasteiger partial charge in [-0.25, -0.2) is 0 Å². The van der Waals surface area contributed by atoms with Crippen LogP contribution >= 0.6 is 0 Å². The van der Waals surface area contributed by atoms with Crippen molar-refractivity contribution in [3.05, 3.63) is 11.4 Å². The highest BCUT2D eigenvalue weighted by molar-refractivity contribution is 5.97. The molecule has 0 amide bonds. The van der Waals surface area contributed by atoms with Crippen LogP contribution in [0.4, 0.5) is 0 Å². The van der Waals surface area contributed by atoms with Crippen molar-refractivity contribution in [3.8, 4) is 0 Å². The third-order valence-electron chi connectivity index (χ3n) is 3.30. The lowest BCUT2D eigenvalue weighted by atomic mass is 9.83. The van der Waals surface area contributed by atoms with E-state index in [1.807, 2.05) is 0 Å². The lowest BCUT2D eigenvalue weighted by molar-refractivity contribution is 0.238. The maximum atomic E-state index is 7.41. The van der Waals surface area contributed by atoms with Gasteiger partial charge in [-0.3, -0.25) is 0 Å². The molecule has 2 unspecified atom stereocenters. The summed E-state index contributed by atoms with van der Waals surface area (Å²) in [6.07, 6.45) is 6.38. The van der Waals surface area contributed by atoms with Gasteiger partial charge in [-0.2, -0.15) is 0 Å². The summed E-state index contributed by atoms with van der Waals surface area (Å²) < 4.78 is 4.70. The molecule has 5 heteroatoms. The zero-order valence-electron chi connectivity index (χ0n) is 9.61. The molecule has 1 saturated carbocycles. The lowest BCUT2D eigenvalue weighted by Crippen LogP contribution is -2.22. The van der Waals surface area contributed by atoms with Gasteiger partial charge in [0, 0.05) is 18.7 Å². The maximum Gasteiger partial charge on any atom is 0.282 e. The number of rotatable bonds is 3. The fourth-order valence-corrected chi connectivity index (χ4v) is 2.34. The fourth-order valence-electron chi connectivity index (χ4n) is 2.34. The van der Waals surface area contributed by atoms with Crippen LogP contribution in [0.1, 0.15) is 32.1 Å². The first kappa shape index (κ1) is 13.1. The van der Waals surface area contributed by atoms with Gasteiger partial charge in [0.15, 0.2) is 0 Å². The van der Waals surface area contributed by atoms with E-state index in [4.69, 9.17) is 29.6 Å². The summed E-state index contributed by atoms with van der Waals surface area (Å²) in [5.41, 5.74) is 12.4. The Hall–Kier alpha value is -0.965. The van der Waals surface area contributed by atoms with Crippen LogP contribution in [0.5, 0.6) is 0 Å². The Balaban J connectivity index is 2.67. The second-order valence-electron chi connectivity index (χ2n) is 4.42. The largest absolute Gasteiger partial charge is 0.447 e. The third-order valence-corrected chi connectivity index (χ3v) is 3.30. The highest BCUT2D eigenvalue weighted by atomic mass is 16.4. The topological polar surface area (TPSA) is 85.1 Å². The number of nitrogens with one attached hydrogen (secondary N) is 1. The molecule has 5 N–H and O–H groups in total. The molecule has 16 heavy (non-hydrogen) atoms. The summed E-state index contributed by atoms with van der Waals surface area (Å²) in [5, 5.41) is 7.41. The summed E-state index contributed by atoms with van der Waals surface area (Å²) in [6.45, 7) is 0.590. The van der Waals surface area contributed by atoms with Crippen LogP contribution in [-0.2, 0) is 4.65 Å². The summed E-state index contributed by atoms with van der Waals surface area (Å²) >= 11 is 0. The molecule has 0 saturated heterocycles. The van der Waals surface area contributed by atoms with Crippen molar-refractivity contribution in [2.24, 2.45) is 23.3 Å².